The van der Waals surface area contributed by atoms with Crippen molar-refractivity contribution in [1.29, 1.82) is 0 Å². The molecule has 2 N–H and O–H groups in total. The van der Waals surface area contributed by atoms with Crippen LogP contribution in [0.15, 0.2) is 84.6 Å². The van der Waals surface area contributed by atoms with Crippen LogP contribution in [-0.4, -0.2) is 38.7 Å². The molecule has 0 bridgehead atoms. The summed E-state index contributed by atoms with van der Waals surface area (Å²) >= 11 is 5.51. The van der Waals surface area contributed by atoms with E-state index in [1.54, 1.807) is 19.3 Å². The standard InChI is InChI=1S/C22H28ClFN2O4/c1-16(8-9-17(2)14-29-5)13-25-21(27)11-10-18(3)26-22(28)15-30-12-6-7-20(23)19(4)24/h6-9,12H,1-4,10-11,13-15H2,5H3,(H,25,27)(H,26,28)/b9-8-,12-6+,20-7+. The Labute approximate surface area is 182 Å². The Morgan fingerprint density at radius 1 is 1.03 bits per heavy atom. The first-order chi connectivity index (χ1) is 14.1. The maximum Gasteiger partial charge on any atom is 0.261 e. The fourth-order valence-electron chi connectivity index (χ4n) is 1.78. The summed E-state index contributed by atoms with van der Waals surface area (Å²) in [6.07, 6.45) is 7.71. The summed E-state index contributed by atoms with van der Waals surface area (Å²) < 4.78 is 22.5. The number of halogens is 2. The molecule has 0 saturated heterocycles. The predicted octanol–water partition coefficient (Wildman–Crippen LogP) is 3.96. The normalized spacial score (nSPS) is 11.4. The van der Waals surface area contributed by atoms with E-state index >= 15 is 0 Å². The van der Waals surface area contributed by atoms with E-state index in [1.807, 2.05) is 0 Å². The SMILES string of the molecule is C=C(/C=C\C(=C)COC)CNC(=O)CCC(=C)NC(=O)CO/C=C/C=C(/Cl)C(=C)F. The highest BCUT2D eigenvalue weighted by Gasteiger charge is 2.06. The second kappa shape index (κ2) is 16.0. The van der Waals surface area contributed by atoms with Gasteiger partial charge in [0, 0.05) is 25.8 Å². The van der Waals surface area contributed by atoms with Crippen LogP contribution in [0.2, 0.25) is 0 Å². The summed E-state index contributed by atoms with van der Waals surface area (Å²) in [7, 11) is 1.58. The molecule has 0 aliphatic heterocycles. The van der Waals surface area contributed by atoms with E-state index in [0.717, 1.165) is 5.57 Å². The number of ether oxygens (including phenoxy) is 2. The monoisotopic (exact) mass is 438 g/mol. The van der Waals surface area contributed by atoms with Gasteiger partial charge in [0.25, 0.3) is 5.91 Å². The first-order valence-corrected chi connectivity index (χ1v) is 9.29. The molecule has 30 heavy (non-hydrogen) atoms. The molecule has 0 spiro atoms. The molecule has 2 amide bonds. The van der Waals surface area contributed by atoms with E-state index in [0.29, 0.717) is 24.4 Å². The smallest absolute Gasteiger partial charge is 0.261 e. The van der Waals surface area contributed by atoms with E-state index in [4.69, 9.17) is 21.1 Å². The lowest BCUT2D eigenvalue weighted by Crippen LogP contribution is -2.28. The zero-order valence-electron chi connectivity index (χ0n) is 17.1. The average molecular weight is 439 g/mol. The van der Waals surface area contributed by atoms with Crippen molar-refractivity contribution in [1.82, 2.24) is 10.6 Å². The van der Waals surface area contributed by atoms with Gasteiger partial charge in [0.05, 0.1) is 17.9 Å². The van der Waals surface area contributed by atoms with Gasteiger partial charge in [-0.05, 0) is 29.7 Å². The summed E-state index contributed by atoms with van der Waals surface area (Å²) in [6.45, 7) is 14.8. The third-order valence-electron chi connectivity index (χ3n) is 3.26. The van der Waals surface area contributed by atoms with Crippen LogP contribution in [0, 0.1) is 0 Å². The minimum Gasteiger partial charge on any atom is -0.491 e. The topological polar surface area (TPSA) is 76.7 Å². The number of hydrogen-bond acceptors (Lipinski definition) is 4. The molecule has 0 aromatic carbocycles. The van der Waals surface area contributed by atoms with E-state index in [-0.39, 0.29) is 30.4 Å². The summed E-state index contributed by atoms with van der Waals surface area (Å²) in [4.78, 5) is 23.6. The number of allylic oxidation sites excluding steroid dienone is 5. The van der Waals surface area contributed by atoms with Crippen LogP contribution < -0.4 is 10.6 Å². The zero-order valence-corrected chi connectivity index (χ0v) is 17.9. The Kier molecular flexibility index (Phi) is 14.4. The van der Waals surface area contributed by atoms with Crippen molar-refractivity contribution in [2.45, 2.75) is 12.8 Å². The predicted molar refractivity (Wildman–Crippen MR) is 118 cm³/mol. The van der Waals surface area contributed by atoms with E-state index in [1.165, 1.54) is 18.4 Å². The van der Waals surface area contributed by atoms with Gasteiger partial charge < -0.3 is 20.1 Å². The Morgan fingerprint density at radius 2 is 1.70 bits per heavy atom. The molecule has 0 radical (unpaired) electrons. The van der Waals surface area contributed by atoms with Crippen LogP contribution in [0.4, 0.5) is 4.39 Å². The fraction of sp³-hybridized carbons (Fsp3) is 0.273. The maximum absolute atomic E-state index is 12.6. The molecule has 8 heteroatoms. The number of amides is 2. The van der Waals surface area contributed by atoms with Crippen molar-refractivity contribution in [2.75, 3.05) is 26.9 Å². The van der Waals surface area contributed by atoms with Gasteiger partial charge in [-0.25, -0.2) is 4.39 Å². The Bertz CT molecular complexity index is 754. The highest BCUT2D eigenvalue weighted by molar-refractivity contribution is 6.31. The number of carbonyl (C=O) groups excluding carboxylic acids is 2. The van der Waals surface area contributed by atoms with Gasteiger partial charge in [-0.15, -0.1) is 0 Å². The van der Waals surface area contributed by atoms with Gasteiger partial charge >= 0.3 is 0 Å². The first kappa shape index (κ1) is 27.1. The maximum atomic E-state index is 12.6. The molecule has 164 valence electrons. The van der Waals surface area contributed by atoms with Crippen molar-refractivity contribution >= 4 is 23.4 Å². The molecule has 0 rings (SSSR count). The van der Waals surface area contributed by atoms with Crippen LogP contribution in [0.25, 0.3) is 0 Å². The summed E-state index contributed by atoms with van der Waals surface area (Å²) in [5, 5.41) is 5.08. The van der Waals surface area contributed by atoms with Gasteiger partial charge in [-0.2, -0.15) is 0 Å². The first-order valence-electron chi connectivity index (χ1n) is 8.91. The lowest BCUT2D eigenvalue weighted by atomic mass is 10.2. The molecule has 0 unspecified atom stereocenters. The highest BCUT2D eigenvalue weighted by Crippen LogP contribution is 2.13. The van der Waals surface area contributed by atoms with Crippen molar-refractivity contribution in [3.8, 4) is 0 Å². The van der Waals surface area contributed by atoms with Crippen molar-refractivity contribution < 1.29 is 23.5 Å². The van der Waals surface area contributed by atoms with E-state index < -0.39 is 11.7 Å². The van der Waals surface area contributed by atoms with Crippen LogP contribution in [-0.2, 0) is 19.1 Å². The van der Waals surface area contributed by atoms with E-state index in [9.17, 15) is 14.0 Å². The highest BCUT2D eigenvalue weighted by atomic mass is 35.5. The number of nitrogens with one attached hydrogen (secondary N) is 2. The van der Waals surface area contributed by atoms with Gasteiger partial charge in [0.2, 0.25) is 5.91 Å². The molecule has 0 aromatic rings. The van der Waals surface area contributed by atoms with Crippen molar-refractivity contribution in [2.24, 2.45) is 0 Å². The lowest BCUT2D eigenvalue weighted by molar-refractivity contribution is -0.124. The zero-order chi connectivity index (χ0) is 22.9. The molecule has 0 aromatic heterocycles. The van der Waals surface area contributed by atoms with Crippen molar-refractivity contribution in [3.63, 3.8) is 0 Å². The molecule has 0 atom stereocenters. The molecule has 0 aliphatic carbocycles. The summed E-state index contributed by atoms with van der Waals surface area (Å²) in [5.41, 5.74) is 1.89. The molecule has 0 saturated carbocycles. The van der Waals surface area contributed by atoms with E-state index in [2.05, 4.69) is 36.9 Å². The number of hydrogen-bond donors (Lipinski definition) is 2. The third kappa shape index (κ3) is 15.1. The second-order valence-corrected chi connectivity index (χ2v) is 6.48. The van der Waals surface area contributed by atoms with Gasteiger partial charge in [-0.3, -0.25) is 9.59 Å². The Balaban J connectivity index is 4.05. The second-order valence-electron chi connectivity index (χ2n) is 6.07. The van der Waals surface area contributed by atoms with Gasteiger partial charge in [-0.1, -0.05) is 50.1 Å². The van der Waals surface area contributed by atoms with Crippen molar-refractivity contribution in [3.05, 3.63) is 84.6 Å². The molecular weight excluding hydrogens is 411 g/mol. The average Bonchev–Trinajstić information content (AvgIpc) is 2.68. The molecule has 6 nitrogen and oxygen atoms in total. The molecule has 0 aliphatic rings. The van der Waals surface area contributed by atoms with Crippen LogP contribution in [0.5, 0.6) is 0 Å². The Morgan fingerprint density at radius 3 is 2.33 bits per heavy atom. The summed E-state index contributed by atoms with van der Waals surface area (Å²) in [5.74, 6) is -1.41. The third-order valence-corrected chi connectivity index (χ3v) is 3.59. The number of methoxy groups -OCH3 is 1. The van der Waals surface area contributed by atoms with Gasteiger partial charge in [0.15, 0.2) is 6.61 Å². The van der Waals surface area contributed by atoms with Crippen LogP contribution >= 0.6 is 11.6 Å². The fourth-order valence-corrected chi connectivity index (χ4v) is 1.86. The lowest BCUT2D eigenvalue weighted by Gasteiger charge is -2.09. The molecular formula is C22H28ClFN2O4. The molecule has 0 fully saturated rings. The minimum absolute atomic E-state index is 0.156. The minimum atomic E-state index is -0.770. The van der Waals surface area contributed by atoms with Gasteiger partial charge in [0.1, 0.15) is 5.83 Å². The number of rotatable bonds is 15. The Hall–Kier alpha value is -2.90. The van der Waals surface area contributed by atoms with Crippen LogP contribution in [0.3, 0.4) is 0 Å². The number of carbonyl (C=O) groups is 2. The summed E-state index contributed by atoms with van der Waals surface area (Å²) in [6, 6.07) is 0. The largest absolute Gasteiger partial charge is 0.491 e. The van der Waals surface area contributed by atoms with Crippen LogP contribution in [0.1, 0.15) is 12.8 Å². The quantitative estimate of drug-likeness (QED) is 0.299. The molecule has 0 heterocycles.